The van der Waals surface area contributed by atoms with Gasteiger partial charge >= 0.3 is 0 Å². The standard InChI is InChI=1S/C21H40N2OSi/c1-21(2,3)25(4,5)24-16-12-10-8-6-7-9-11-13-19-14-15-20(17-22)23-18-19/h14-15,18H,6-13,16-17,22H2,1-5H3. The van der Waals surface area contributed by atoms with Crippen LogP contribution in [0.2, 0.25) is 18.1 Å². The van der Waals surface area contributed by atoms with Crippen LogP contribution < -0.4 is 5.73 Å². The van der Waals surface area contributed by atoms with Crippen molar-refractivity contribution in [3.63, 3.8) is 0 Å². The topological polar surface area (TPSA) is 48.1 Å². The van der Waals surface area contributed by atoms with Crippen molar-refractivity contribution >= 4 is 8.32 Å². The monoisotopic (exact) mass is 364 g/mol. The summed E-state index contributed by atoms with van der Waals surface area (Å²) in [6, 6.07) is 4.21. The minimum Gasteiger partial charge on any atom is -0.417 e. The average molecular weight is 365 g/mol. The summed E-state index contributed by atoms with van der Waals surface area (Å²) >= 11 is 0. The SMILES string of the molecule is CC(C)(C)[Si](C)(C)OCCCCCCCCCc1ccc(CN)nc1. The lowest BCUT2D eigenvalue weighted by Gasteiger charge is -2.36. The Balaban J connectivity index is 1.97. The predicted molar refractivity (Wildman–Crippen MR) is 111 cm³/mol. The Morgan fingerprint density at radius 3 is 2.08 bits per heavy atom. The summed E-state index contributed by atoms with van der Waals surface area (Å²) < 4.78 is 6.23. The van der Waals surface area contributed by atoms with Crippen LogP contribution in [-0.2, 0) is 17.4 Å². The highest BCUT2D eigenvalue weighted by Crippen LogP contribution is 2.36. The van der Waals surface area contributed by atoms with Gasteiger partial charge in [0.15, 0.2) is 8.32 Å². The minimum absolute atomic E-state index is 0.327. The third-order valence-electron chi connectivity index (χ3n) is 5.47. The molecule has 25 heavy (non-hydrogen) atoms. The van der Waals surface area contributed by atoms with E-state index in [1.807, 2.05) is 12.3 Å². The molecule has 0 unspecified atom stereocenters. The predicted octanol–water partition coefficient (Wildman–Crippen LogP) is 5.84. The van der Waals surface area contributed by atoms with Crippen molar-refractivity contribution in [2.75, 3.05) is 6.61 Å². The first-order chi connectivity index (χ1) is 11.8. The summed E-state index contributed by atoms with van der Waals surface area (Å²) in [5, 5.41) is 0.327. The summed E-state index contributed by atoms with van der Waals surface area (Å²) in [6.07, 6.45) is 12.3. The Hall–Kier alpha value is -0.713. The van der Waals surface area contributed by atoms with Crippen LogP contribution in [0, 0.1) is 0 Å². The second-order valence-corrected chi connectivity index (χ2v) is 13.5. The number of hydrogen-bond donors (Lipinski definition) is 1. The molecule has 0 amide bonds. The van der Waals surface area contributed by atoms with Gasteiger partial charge in [-0.05, 0) is 49.0 Å². The third-order valence-corrected chi connectivity index (χ3v) is 10.0. The Labute approximate surface area is 156 Å². The quantitative estimate of drug-likeness (QED) is 0.374. The highest BCUT2D eigenvalue weighted by atomic mass is 28.4. The van der Waals surface area contributed by atoms with Crippen LogP contribution in [0.15, 0.2) is 18.3 Å². The van der Waals surface area contributed by atoms with Crippen molar-refractivity contribution in [1.82, 2.24) is 4.98 Å². The van der Waals surface area contributed by atoms with Crippen LogP contribution in [-0.4, -0.2) is 19.9 Å². The minimum atomic E-state index is -1.54. The lowest BCUT2D eigenvalue weighted by molar-refractivity contribution is 0.277. The fourth-order valence-electron chi connectivity index (χ4n) is 2.58. The molecule has 144 valence electrons. The summed E-state index contributed by atoms with van der Waals surface area (Å²) in [4.78, 5) is 4.35. The van der Waals surface area contributed by atoms with Crippen LogP contribution in [0.25, 0.3) is 0 Å². The van der Waals surface area contributed by atoms with E-state index in [1.54, 1.807) is 0 Å². The molecule has 0 spiro atoms. The third kappa shape index (κ3) is 8.98. The van der Waals surface area contributed by atoms with Crippen LogP contribution in [0.1, 0.15) is 77.0 Å². The Morgan fingerprint density at radius 2 is 1.56 bits per heavy atom. The van der Waals surface area contributed by atoms with E-state index in [4.69, 9.17) is 10.2 Å². The molecule has 3 nitrogen and oxygen atoms in total. The first kappa shape index (κ1) is 22.3. The number of aryl methyl sites for hydroxylation is 1. The Morgan fingerprint density at radius 1 is 0.960 bits per heavy atom. The molecule has 0 saturated carbocycles. The molecule has 0 aliphatic rings. The lowest BCUT2D eigenvalue weighted by Crippen LogP contribution is -2.40. The molecule has 0 fully saturated rings. The number of rotatable bonds is 12. The molecule has 1 rings (SSSR count). The van der Waals surface area contributed by atoms with Crippen molar-refractivity contribution in [1.29, 1.82) is 0 Å². The van der Waals surface area contributed by atoms with Crippen LogP contribution >= 0.6 is 0 Å². The molecule has 0 aromatic carbocycles. The number of unbranched alkanes of at least 4 members (excludes halogenated alkanes) is 6. The molecule has 0 bridgehead atoms. The summed E-state index contributed by atoms with van der Waals surface area (Å²) in [6.45, 7) is 13.1. The van der Waals surface area contributed by atoms with E-state index in [0.717, 1.165) is 18.7 Å². The molecule has 1 aromatic heterocycles. The smallest absolute Gasteiger partial charge is 0.191 e. The van der Waals surface area contributed by atoms with Crippen molar-refractivity contribution in [3.8, 4) is 0 Å². The van der Waals surface area contributed by atoms with E-state index < -0.39 is 8.32 Å². The van der Waals surface area contributed by atoms with E-state index in [2.05, 4.69) is 44.9 Å². The van der Waals surface area contributed by atoms with Gasteiger partial charge in [-0.1, -0.05) is 58.9 Å². The first-order valence-electron chi connectivity index (χ1n) is 10.0. The highest BCUT2D eigenvalue weighted by molar-refractivity contribution is 6.74. The molecule has 1 aromatic rings. The fourth-order valence-corrected chi connectivity index (χ4v) is 3.67. The molecule has 0 aliphatic carbocycles. The van der Waals surface area contributed by atoms with Crippen molar-refractivity contribution in [3.05, 3.63) is 29.6 Å². The van der Waals surface area contributed by atoms with E-state index in [1.165, 1.54) is 50.5 Å². The van der Waals surface area contributed by atoms with Gasteiger partial charge in [0.05, 0.1) is 5.69 Å². The van der Waals surface area contributed by atoms with Gasteiger partial charge in [-0.15, -0.1) is 0 Å². The maximum absolute atomic E-state index is 6.23. The van der Waals surface area contributed by atoms with E-state index in [-0.39, 0.29) is 0 Å². The highest BCUT2D eigenvalue weighted by Gasteiger charge is 2.36. The summed E-state index contributed by atoms with van der Waals surface area (Å²) in [5.41, 5.74) is 7.88. The van der Waals surface area contributed by atoms with Gasteiger partial charge in [-0.3, -0.25) is 4.98 Å². The van der Waals surface area contributed by atoms with E-state index in [9.17, 15) is 0 Å². The van der Waals surface area contributed by atoms with Crippen LogP contribution in [0.4, 0.5) is 0 Å². The zero-order valence-electron chi connectivity index (χ0n) is 17.2. The zero-order chi connectivity index (χ0) is 18.8. The Bertz CT molecular complexity index is 466. The number of pyridine rings is 1. The van der Waals surface area contributed by atoms with E-state index >= 15 is 0 Å². The molecule has 0 saturated heterocycles. The molecule has 0 radical (unpaired) electrons. The molecule has 4 heteroatoms. The van der Waals surface area contributed by atoms with Crippen molar-refractivity contribution in [2.45, 2.75) is 96.8 Å². The van der Waals surface area contributed by atoms with Crippen LogP contribution in [0.5, 0.6) is 0 Å². The van der Waals surface area contributed by atoms with Gasteiger partial charge in [0.2, 0.25) is 0 Å². The molecule has 0 atom stereocenters. The maximum atomic E-state index is 6.23. The molecule has 1 heterocycles. The second kappa shape index (κ2) is 11.1. The van der Waals surface area contributed by atoms with Gasteiger partial charge in [0.1, 0.15) is 0 Å². The molecule has 0 aliphatic heterocycles. The van der Waals surface area contributed by atoms with Gasteiger partial charge in [-0.25, -0.2) is 0 Å². The molecular weight excluding hydrogens is 324 g/mol. The van der Waals surface area contributed by atoms with E-state index in [0.29, 0.717) is 11.6 Å². The zero-order valence-corrected chi connectivity index (χ0v) is 18.2. The van der Waals surface area contributed by atoms with Gasteiger partial charge in [0, 0.05) is 19.3 Å². The normalized spacial score (nSPS) is 12.6. The summed E-state index contributed by atoms with van der Waals surface area (Å²) in [5.74, 6) is 0. The Kier molecular flexibility index (Phi) is 9.91. The summed E-state index contributed by atoms with van der Waals surface area (Å²) in [7, 11) is -1.54. The number of aromatic nitrogens is 1. The van der Waals surface area contributed by atoms with Gasteiger partial charge in [-0.2, -0.15) is 0 Å². The number of nitrogens with two attached hydrogens (primary N) is 1. The fraction of sp³-hybridized carbons (Fsp3) is 0.762. The lowest BCUT2D eigenvalue weighted by atomic mass is 10.1. The maximum Gasteiger partial charge on any atom is 0.191 e. The average Bonchev–Trinajstić information content (AvgIpc) is 2.56. The van der Waals surface area contributed by atoms with Crippen LogP contribution in [0.3, 0.4) is 0 Å². The van der Waals surface area contributed by atoms with Crippen molar-refractivity contribution in [2.24, 2.45) is 5.73 Å². The first-order valence-corrected chi connectivity index (χ1v) is 12.9. The second-order valence-electron chi connectivity index (χ2n) is 8.70. The van der Waals surface area contributed by atoms with Crippen molar-refractivity contribution < 1.29 is 4.43 Å². The molecular formula is C21H40N2OSi. The number of nitrogens with zero attached hydrogens (tertiary/aromatic N) is 1. The van der Waals surface area contributed by atoms with Gasteiger partial charge < -0.3 is 10.2 Å². The van der Waals surface area contributed by atoms with Gasteiger partial charge in [0.25, 0.3) is 0 Å². The number of hydrogen-bond acceptors (Lipinski definition) is 3. The molecule has 2 N–H and O–H groups in total. The largest absolute Gasteiger partial charge is 0.417 e.